The van der Waals surface area contributed by atoms with Crippen molar-refractivity contribution in [1.82, 2.24) is 15.7 Å². The molecule has 0 radical (unpaired) electrons. The Hall–Kier alpha value is -3.09. The summed E-state index contributed by atoms with van der Waals surface area (Å²) in [7, 11) is 0. The quantitative estimate of drug-likeness (QED) is 0.609. The highest BCUT2D eigenvalue weighted by molar-refractivity contribution is 5.93. The number of anilines is 2. The predicted molar refractivity (Wildman–Crippen MR) is 95.6 cm³/mol. The number of hydrogen-bond acceptors (Lipinski definition) is 4. The van der Waals surface area contributed by atoms with E-state index in [1.807, 2.05) is 30.3 Å². The molecule has 1 aliphatic rings. The van der Waals surface area contributed by atoms with Crippen molar-refractivity contribution in [2.75, 3.05) is 10.7 Å². The number of hydrazine groups is 1. The van der Waals surface area contributed by atoms with Crippen molar-refractivity contribution in [3.8, 4) is 0 Å². The third-order valence-electron chi connectivity index (χ3n) is 4.09. The van der Waals surface area contributed by atoms with E-state index in [-0.39, 0.29) is 17.9 Å². The molecule has 25 heavy (non-hydrogen) atoms. The van der Waals surface area contributed by atoms with Crippen LogP contribution in [0.15, 0.2) is 48.7 Å². The highest BCUT2D eigenvalue weighted by Gasteiger charge is 2.25. The molecule has 0 unspecified atom stereocenters. The zero-order chi connectivity index (χ0) is 17.5. The van der Waals surface area contributed by atoms with Crippen molar-refractivity contribution in [1.29, 1.82) is 0 Å². The Morgan fingerprint density at radius 3 is 2.72 bits per heavy atom. The summed E-state index contributed by atoms with van der Waals surface area (Å²) in [5.74, 6) is 0.775. The van der Waals surface area contributed by atoms with Gasteiger partial charge >= 0.3 is 6.03 Å². The van der Waals surface area contributed by atoms with E-state index in [4.69, 9.17) is 0 Å². The first kappa shape index (κ1) is 16.8. The van der Waals surface area contributed by atoms with Gasteiger partial charge in [0.2, 0.25) is 5.91 Å². The molecule has 0 saturated heterocycles. The minimum atomic E-state index is -0.366. The summed E-state index contributed by atoms with van der Waals surface area (Å²) in [6.07, 6.45) is 4.70. The number of rotatable bonds is 6. The summed E-state index contributed by atoms with van der Waals surface area (Å²) in [6.45, 7) is 0.350. The second-order valence-corrected chi connectivity index (χ2v) is 5.97. The lowest BCUT2D eigenvalue weighted by Gasteiger charge is -2.24. The van der Waals surface area contributed by atoms with Gasteiger partial charge in [0.1, 0.15) is 5.82 Å². The van der Waals surface area contributed by atoms with Crippen LogP contribution in [0.5, 0.6) is 0 Å². The monoisotopic (exact) mass is 339 g/mol. The molecule has 7 nitrogen and oxygen atoms in total. The molecule has 0 bridgehead atoms. The van der Waals surface area contributed by atoms with Crippen LogP contribution in [0.1, 0.15) is 24.8 Å². The van der Waals surface area contributed by atoms with Gasteiger partial charge in [0.25, 0.3) is 0 Å². The van der Waals surface area contributed by atoms with E-state index in [0.717, 1.165) is 30.5 Å². The molecule has 1 aromatic heterocycles. The third kappa shape index (κ3) is 4.94. The summed E-state index contributed by atoms with van der Waals surface area (Å²) < 4.78 is 0. The van der Waals surface area contributed by atoms with Gasteiger partial charge in [-0.25, -0.2) is 9.78 Å². The molecule has 1 heterocycles. The smallest absolute Gasteiger partial charge is 0.333 e. The SMILES string of the molecule is O=C(NCc1cccc(NC(=O)C2CCC2)c1)NNc1ccccn1. The molecule has 1 aliphatic carbocycles. The van der Waals surface area contributed by atoms with Crippen molar-refractivity contribution >= 4 is 23.4 Å². The van der Waals surface area contributed by atoms with Crippen LogP contribution < -0.4 is 21.5 Å². The number of urea groups is 1. The maximum absolute atomic E-state index is 12.0. The van der Waals surface area contributed by atoms with Crippen molar-refractivity contribution in [2.24, 2.45) is 5.92 Å². The molecule has 0 aliphatic heterocycles. The Balaban J connectivity index is 1.45. The van der Waals surface area contributed by atoms with Crippen LogP contribution >= 0.6 is 0 Å². The van der Waals surface area contributed by atoms with E-state index in [9.17, 15) is 9.59 Å². The fourth-order valence-corrected chi connectivity index (χ4v) is 2.46. The summed E-state index contributed by atoms with van der Waals surface area (Å²) in [4.78, 5) is 27.8. The minimum absolute atomic E-state index is 0.0775. The number of hydrogen-bond donors (Lipinski definition) is 4. The molecule has 1 aromatic carbocycles. The van der Waals surface area contributed by atoms with Crippen LogP contribution in [0, 0.1) is 5.92 Å². The molecule has 1 fully saturated rings. The number of benzene rings is 1. The average Bonchev–Trinajstić information content (AvgIpc) is 2.58. The molecule has 0 atom stereocenters. The van der Waals surface area contributed by atoms with Crippen molar-refractivity contribution < 1.29 is 9.59 Å². The van der Waals surface area contributed by atoms with Crippen LogP contribution in [0.2, 0.25) is 0 Å². The molecule has 3 amide bonds. The Morgan fingerprint density at radius 1 is 1.12 bits per heavy atom. The number of carbonyl (C=O) groups excluding carboxylic acids is 2. The van der Waals surface area contributed by atoms with Crippen LogP contribution in [0.3, 0.4) is 0 Å². The average molecular weight is 339 g/mol. The summed E-state index contributed by atoms with van der Waals surface area (Å²) in [5, 5.41) is 5.67. The Labute approximate surface area is 146 Å². The van der Waals surface area contributed by atoms with Gasteiger partial charge in [-0.3, -0.25) is 15.6 Å². The first-order valence-corrected chi connectivity index (χ1v) is 8.31. The number of nitrogens with one attached hydrogen (secondary N) is 4. The fourth-order valence-electron chi connectivity index (χ4n) is 2.46. The van der Waals surface area contributed by atoms with Gasteiger partial charge < -0.3 is 10.6 Å². The Bertz CT molecular complexity index is 731. The summed E-state index contributed by atoms with van der Waals surface area (Å²) in [5.41, 5.74) is 6.88. The predicted octanol–water partition coefficient (Wildman–Crippen LogP) is 2.65. The lowest BCUT2D eigenvalue weighted by atomic mass is 9.85. The largest absolute Gasteiger partial charge is 0.333 e. The molecule has 3 rings (SSSR count). The highest BCUT2D eigenvalue weighted by Crippen LogP contribution is 2.27. The van der Waals surface area contributed by atoms with Crippen LogP contribution in [-0.2, 0) is 11.3 Å². The number of amides is 3. The first-order chi connectivity index (χ1) is 12.2. The summed E-state index contributed by atoms with van der Waals surface area (Å²) >= 11 is 0. The number of aromatic nitrogens is 1. The maximum Gasteiger partial charge on any atom is 0.333 e. The Kier molecular flexibility index (Phi) is 5.46. The van der Waals surface area contributed by atoms with Crippen molar-refractivity contribution in [3.63, 3.8) is 0 Å². The highest BCUT2D eigenvalue weighted by atomic mass is 16.2. The van der Waals surface area contributed by atoms with E-state index in [0.29, 0.717) is 12.4 Å². The van der Waals surface area contributed by atoms with E-state index < -0.39 is 0 Å². The van der Waals surface area contributed by atoms with E-state index >= 15 is 0 Å². The molecule has 0 spiro atoms. The molecular formula is C18H21N5O2. The number of nitrogens with zero attached hydrogens (tertiary/aromatic N) is 1. The van der Waals surface area contributed by atoms with Crippen LogP contribution in [0.4, 0.5) is 16.3 Å². The topological polar surface area (TPSA) is 95.2 Å². The van der Waals surface area contributed by atoms with Crippen molar-refractivity contribution in [2.45, 2.75) is 25.8 Å². The standard InChI is InChI=1S/C18H21N5O2/c24-17(14-6-4-7-14)21-15-8-3-5-13(11-15)12-20-18(25)23-22-16-9-1-2-10-19-16/h1-3,5,8-11,14H,4,6-7,12H2,(H,19,22)(H,21,24)(H2,20,23,25). The maximum atomic E-state index is 12.0. The van der Waals surface area contributed by atoms with Gasteiger partial charge in [-0.15, -0.1) is 0 Å². The third-order valence-corrected chi connectivity index (χ3v) is 4.09. The molecule has 130 valence electrons. The van der Waals surface area contributed by atoms with Gasteiger partial charge in [-0.2, -0.15) is 0 Å². The van der Waals surface area contributed by atoms with Crippen LogP contribution in [0.25, 0.3) is 0 Å². The zero-order valence-electron chi connectivity index (χ0n) is 13.8. The van der Waals surface area contributed by atoms with Crippen LogP contribution in [-0.4, -0.2) is 16.9 Å². The van der Waals surface area contributed by atoms with E-state index in [1.54, 1.807) is 18.3 Å². The molecule has 1 saturated carbocycles. The molecule has 7 heteroatoms. The number of carbonyl (C=O) groups is 2. The molecular weight excluding hydrogens is 318 g/mol. The van der Waals surface area contributed by atoms with Gasteiger partial charge in [-0.05, 0) is 42.7 Å². The lowest BCUT2D eigenvalue weighted by Crippen LogP contribution is -2.38. The summed E-state index contributed by atoms with van der Waals surface area (Å²) in [6, 6.07) is 12.5. The fraction of sp³-hybridized carbons (Fsp3) is 0.278. The Morgan fingerprint density at radius 2 is 2.00 bits per heavy atom. The van der Waals surface area contributed by atoms with Gasteiger partial charge in [0, 0.05) is 24.3 Å². The van der Waals surface area contributed by atoms with Gasteiger partial charge in [-0.1, -0.05) is 24.6 Å². The molecule has 4 N–H and O–H groups in total. The normalized spacial score (nSPS) is 13.4. The van der Waals surface area contributed by atoms with E-state index in [2.05, 4.69) is 26.5 Å². The second kappa shape index (κ2) is 8.14. The molecule has 2 aromatic rings. The second-order valence-electron chi connectivity index (χ2n) is 5.97. The number of pyridine rings is 1. The van der Waals surface area contributed by atoms with Gasteiger partial charge in [0.05, 0.1) is 0 Å². The van der Waals surface area contributed by atoms with Gasteiger partial charge in [0.15, 0.2) is 0 Å². The minimum Gasteiger partial charge on any atom is -0.333 e. The zero-order valence-corrected chi connectivity index (χ0v) is 13.8. The lowest BCUT2D eigenvalue weighted by molar-refractivity contribution is -0.122. The van der Waals surface area contributed by atoms with Crippen molar-refractivity contribution in [3.05, 3.63) is 54.2 Å². The van der Waals surface area contributed by atoms with E-state index in [1.165, 1.54) is 0 Å². The first-order valence-electron chi connectivity index (χ1n) is 8.31.